The predicted octanol–water partition coefficient (Wildman–Crippen LogP) is 4.95. The molecule has 5 heteroatoms. The molecule has 1 aromatic heterocycles. The van der Waals surface area contributed by atoms with Gasteiger partial charge in [0.2, 0.25) is 0 Å². The van der Waals surface area contributed by atoms with E-state index in [4.69, 9.17) is 0 Å². The van der Waals surface area contributed by atoms with Crippen molar-refractivity contribution in [3.05, 3.63) is 53.3 Å². The van der Waals surface area contributed by atoms with E-state index in [2.05, 4.69) is 4.98 Å². The number of halogens is 1. The Balaban J connectivity index is 2.02. The Hall–Kier alpha value is -1.43. The van der Waals surface area contributed by atoms with Gasteiger partial charge in [-0.2, -0.15) is 0 Å². The average Bonchev–Trinajstić information content (AvgIpc) is 2.84. The largest absolute Gasteiger partial charge is 0.389 e. The molecule has 0 aliphatic carbocycles. The van der Waals surface area contributed by atoms with E-state index < -0.39 is 6.10 Å². The molecule has 0 fully saturated rings. The summed E-state index contributed by atoms with van der Waals surface area (Å²) in [6.07, 6.45) is -0.711. The first-order valence-corrected chi connectivity index (χ1v) is 8.19. The van der Waals surface area contributed by atoms with Crippen molar-refractivity contribution in [1.29, 1.82) is 0 Å². The van der Waals surface area contributed by atoms with Crippen molar-refractivity contribution < 1.29 is 9.50 Å². The number of aryl methyl sites for hydroxylation is 1. The fraction of sp³-hybridized carbons (Fsp3) is 0.188. The van der Waals surface area contributed by atoms with Crippen LogP contribution in [-0.4, -0.2) is 10.1 Å². The van der Waals surface area contributed by atoms with Crippen LogP contribution in [-0.2, 0) is 0 Å². The van der Waals surface area contributed by atoms with E-state index in [1.807, 2.05) is 24.3 Å². The highest BCUT2D eigenvalue weighted by Crippen LogP contribution is 2.38. The summed E-state index contributed by atoms with van der Waals surface area (Å²) in [7, 11) is 0. The molecule has 0 amide bonds. The second kappa shape index (κ2) is 5.75. The summed E-state index contributed by atoms with van der Waals surface area (Å²) >= 11 is 3.07. The Kier molecular flexibility index (Phi) is 3.97. The van der Waals surface area contributed by atoms with Gasteiger partial charge in [-0.15, -0.1) is 11.3 Å². The van der Waals surface area contributed by atoms with Crippen LogP contribution < -0.4 is 0 Å². The molecule has 1 N–H and O–H groups in total. The van der Waals surface area contributed by atoms with Crippen molar-refractivity contribution in [2.24, 2.45) is 0 Å². The number of nitrogens with zero attached hydrogens (tertiary/aromatic N) is 1. The Morgan fingerprint density at radius 1 is 1.29 bits per heavy atom. The first kappa shape index (κ1) is 14.5. The molecule has 2 nitrogen and oxygen atoms in total. The van der Waals surface area contributed by atoms with E-state index in [0.717, 1.165) is 19.5 Å². The van der Waals surface area contributed by atoms with Gasteiger partial charge in [-0.1, -0.05) is 23.9 Å². The summed E-state index contributed by atoms with van der Waals surface area (Å²) in [5, 5.41) is 9.84. The minimum atomic E-state index is -0.711. The number of aliphatic hydroxyl groups excluding tert-OH is 1. The monoisotopic (exact) mass is 319 g/mol. The van der Waals surface area contributed by atoms with Crippen molar-refractivity contribution in [1.82, 2.24) is 4.98 Å². The first-order valence-electron chi connectivity index (χ1n) is 6.56. The smallest absolute Gasteiger partial charge is 0.155 e. The fourth-order valence-corrected chi connectivity index (χ4v) is 4.39. The number of hydrogen-bond acceptors (Lipinski definition) is 4. The number of fused-ring (bicyclic) bond motifs is 1. The highest BCUT2D eigenvalue weighted by molar-refractivity contribution is 8.01. The molecule has 1 unspecified atom stereocenters. The summed E-state index contributed by atoms with van der Waals surface area (Å²) in [5.74, 6) is -0.292. The van der Waals surface area contributed by atoms with E-state index >= 15 is 0 Å². The van der Waals surface area contributed by atoms with Crippen molar-refractivity contribution >= 4 is 33.3 Å². The van der Waals surface area contributed by atoms with Gasteiger partial charge < -0.3 is 5.11 Å². The summed E-state index contributed by atoms with van der Waals surface area (Å²) < 4.78 is 15.7. The van der Waals surface area contributed by atoms with E-state index in [1.54, 1.807) is 31.3 Å². The standard InChI is InChI=1S/C16H14FNOS2/c1-9-7-15(11(10(2)19)8-12(9)17)21-16-18-13-5-3-4-6-14(13)20-16/h3-8,10,19H,1-2H3. The molecule has 1 atom stereocenters. The zero-order valence-corrected chi connectivity index (χ0v) is 13.3. The van der Waals surface area contributed by atoms with Crippen LogP contribution in [0, 0.1) is 12.7 Å². The number of benzene rings is 2. The SMILES string of the molecule is Cc1cc(Sc2nc3ccccc3s2)c(C(C)O)cc1F. The van der Waals surface area contributed by atoms with Crippen LogP contribution in [0.5, 0.6) is 0 Å². The maximum absolute atomic E-state index is 13.7. The molecule has 3 rings (SSSR count). The second-order valence-electron chi connectivity index (χ2n) is 4.86. The molecule has 3 aromatic rings. The molecule has 0 bridgehead atoms. The Morgan fingerprint density at radius 2 is 2.05 bits per heavy atom. The van der Waals surface area contributed by atoms with Crippen LogP contribution in [0.25, 0.3) is 10.2 Å². The van der Waals surface area contributed by atoms with E-state index in [1.165, 1.54) is 17.8 Å². The minimum absolute atomic E-state index is 0.292. The molecular formula is C16H14FNOS2. The quantitative estimate of drug-likeness (QED) is 0.741. The molecule has 0 saturated heterocycles. The highest BCUT2D eigenvalue weighted by Gasteiger charge is 2.14. The van der Waals surface area contributed by atoms with E-state index in [-0.39, 0.29) is 5.82 Å². The van der Waals surface area contributed by atoms with Gasteiger partial charge in [-0.05, 0) is 49.2 Å². The fourth-order valence-electron chi connectivity index (χ4n) is 2.07. The molecule has 1 heterocycles. The second-order valence-corrected chi connectivity index (χ2v) is 7.18. The van der Waals surface area contributed by atoms with Crippen molar-refractivity contribution in [3.8, 4) is 0 Å². The van der Waals surface area contributed by atoms with Crippen LogP contribution in [0.1, 0.15) is 24.2 Å². The lowest BCUT2D eigenvalue weighted by Crippen LogP contribution is -1.97. The van der Waals surface area contributed by atoms with Crippen LogP contribution >= 0.6 is 23.1 Å². The number of rotatable bonds is 3. The normalized spacial score (nSPS) is 12.8. The number of aliphatic hydroxyl groups is 1. The van der Waals surface area contributed by atoms with Crippen molar-refractivity contribution in [2.45, 2.75) is 29.2 Å². The maximum Gasteiger partial charge on any atom is 0.155 e. The minimum Gasteiger partial charge on any atom is -0.389 e. The average molecular weight is 319 g/mol. The van der Waals surface area contributed by atoms with E-state index in [9.17, 15) is 9.50 Å². The van der Waals surface area contributed by atoms with Gasteiger partial charge >= 0.3 is 0 Å². The molecule has 21 heavy (non-hydrogen) atoms. The Morgan fingerprint density at radius 3 is 2.76 bits per heavy atom. The van der Waals surface area contributed by atoms with Gasteiger partial charge in [-0.25, -0.2) is 9.37 Å². The van der Waals surface area contributed by atoms with Crippen LogP contribution in [0.2, 0.25) is 0 Å². The van der Waals surface area contributed by atoms with Crippen LogP contribution in [0.15, 0.2) is 45.6 Å². The third kappa shape index (κ3) is 2.95. The zero-order chi connectivity index (χ0) is 15.0. The molecular weight excluding hydrogens is 305 g/mol. The lowest BCUT2D eigenvalue weighted by atomic mass is 10.1. The summed E-state index contributed by atoms with van der Waals surface area (Å²) in [6.45, 7) is 3.37. The lowest BCUT2D eigenvalue weighted by Gasteiger charge is -2.12. The molecule has 2 aromatic carbocycles. The van der Waals surface area contributed by atoms with Crippen LogP contribution in [0.3, 0.4) is 0 Å². The molecule has 108 valence electrons. The highest BCUT2D eigenvalue weighted by atomic mass is 32.2. The van der Waals surface area contributed by atoms with E-state index in [0.29, 0.717) is 11.1 Å². The molecule has 0 aliphatic heterocycles. The van der Waals surface area contributed by atoms with Gasteiger partial charge in [0.25, 0.3) is 0 Å². The number of thiazole rings is 1. The van der Waals surface area contributed by atoms with Gasteiger partial charge in [0.1, 0.15) is 5.82 Å². The van der Waals surface area contributed by atoms with Gasteiger partial charge in [0.15, 0.2) is 4.34 Å². The Bertz CT molecular complexity index is 765. The first-order chi connectivity index (χ1) is 10.0. The Labute approximate surface area is 130 Å². The molecule has 0 spiro atoms. The van der Waals surface area contributed by atoms with Crippen molar-refractivity contribution in [3.63, 3.8) is 0 Å². The van der Waals surface area contributed by atoms with Gasteiger partial charge in [0, 0.05) is 4.90 Å². The number of hydrogen-bond donors (Lipinski definition) is 1. The zero-order valence-electron chi connectivity index (χ0n) is 11.6. The summed E-state index contributed by atoms with van der Waals surface area (Å²) in [6, 6.07) is 11.1. The molecule has 0 aliphatic rings. The summed E-state index contributed by atoms with van der Waals surface area (Å²) in [4.78, 5) is 5.42. The topological polar surface area (TPSA) is 33.1 Å². The van der Waals surface area contributed by atoms with Crippen LogP contribution in [0.4, 0.5) is 4.39 Å². The maximum atomic E-state index is 13.7. The third-order valence-electron chi connectivity index (χ3n) is 3.21. The molecule has 0 saturated carbocycles. The number of para-hydroxylation sites is 1. The van der Waals surface area contributed by atoms with Gasteiger partial charge in [-0.3, -0.25) is 0 Å². The third-order valence-corrected chi connectivity index (χ3v) is 5.38. The van der Waals surface area contributed by atoms with Crippen molar-refractivity contribution in [2.75, 3.05) is 0 Å². The molecule has 0 radical (unpaired) electrons. The van der Waals surface area contributed by atoms with Gasteiger partial charge in [0.05, 0.1) is 16.3 Å². The number of aromatic nitrogens is 1. The predicted molar refractivity (Wildman–Crippen MR) is 85.5 cm³/mol. The summed E-state index contributed by atoms with van der Waals surface area (Å²) in [5.41, 5.74) is 2.13. The lowest BCUT2D eigenvalue weighted by molar-refractivity contribution is 0.196.